The third-order valence-electron chi connectivity index (χ3n) is 3.93. The highest BCUT2D eigenvalue weighted by Gasteiger charge is 2.39. The van der Waals surface area contributed by atoms with Crippen LogP contribution in [0, 0.1) is 5.41 Å². The van der Waals surface area contributed by atoms with E-state index in [1.54, 1.807) is 6.33 Å². The normalized spacial score (nSPS) is 33.9. The van der Waals surface area contributed by atoms with Gasteiger partial charge in [-0.25, -0.2) is 0 Å². The summed E-state index contributed by atoms with van der Waals surface area (Å²) in [5.41, 5.74) is 6.19. The van der Waals surface area contributed by atoms with Gasteiger partial charge in [-0.2, -0.15) is 0 Å². The van der Waals surface area contributed by atoms with Crippen molar-refractivity contribution in [3.8, 4) is 0 Å². The number of nitrogens with zero attached hydrogens (tertiary/aromatic N) is 4. The maximum absolute atomic E-state index is 6.12. The molecule has 1 saturated heterocycles. The van der Waals surface area contributed by atoms with Crippen molar-refractivity contribution in [3.63, 3.8) is 0 Å². The van der Waals surface area contributed by atoms with E-state index < -0.39 is 0 Å². The van der Waals surface area contributed by atoms with Gasteiger partial charge in [0.1, 0.15) is 12.2 Å². The monoisotopic (exact) mass is 237 g/mol. The van der Waals surface area contributed by atoms with E-state index >= 15 is 0 Å². The molecule has 3 rings (SSSR count). The van der Waals surface area contributed by atoms with Crippen LogP contribution in [0.15, 0.2) is 6.33 Å². The second kappa shape index (κ2) is 4.04. The molecule has 0 spiro atoms. The van der Waals surface area contributed by atoms with Crippen molar-refractivity contribution in [2.45, 2.75) is 26.1 Å². The summed E-state index contributed by atoms with van der Waals surface area (Å²) in [6.07, 6.45) is 1.80. The summed E-state index contributed by atoms with van der Waals surface area (Å²) in [7, 11) is 0. The zero-order valence-electron chi connectivity index (χ0n) is 10.2. The van der Waals surface area contributed by atoms with E-state index in [4.69, 9.17) is 10.5 Å². The fourth-order valence-electron chi connectivity index (χ4n) is 2.65. The minimum atomic E-state index is 0.0716. The van der Waals surface area contributed by atoms with Crippen LogP contribution >= 0.6 is 0 Å². The summed E-state index contributed by atoms with van der Waals surface area (Å²) in [5.74, 6) is 1.05. The SMILES string of the molecule is CC1(CN2CCn3cnnc3C2)COCC1N. The number of nitrogens with two attached hydrogens (primary N) is 1. The van der Waals surface area contributed by atoms with Gasteiger partial charge in [-0.15, -0.1) is 10.2 Å². The third kappa shape index (κ3) is 1.96. The molecule has 2 N–H and O–H groups in total. The summed E-state index contributed by atoms with van der Waals surface area (Å²) in [6, 6.07) is 0.141. The van der Waals surface area contributed by atoms with Gasteiger partial charge in [-0.3, -0.25) is 4.90 Å². The largest absolute Gasteiger partial charge is 0.379 e. The molecule has 2 aliphatic rings. The van der Waals surface area contributed by atoms with E-state index in [0.29, 0.717) is 6.61 Å². The van der Waals surface area contributed by atoms with E-state index in [1.165, 1.54) is 0 Å². The first-order valence-corrected chi connectivity index (χ1v) is 6.10. The maximum Gasteiger partial charge on any atom is 0.147 e. The molecule has 2 atom stereocenters. The Labute approximate surface area is 101 Å². The third-order valence-corrected chi connectivity index (χ3v) is 3.93. The number of fused-ring (bicyclic) bond motifs is 1. The lowest BCUT2D eigenvalue weighted by atomic mass is 9.85. The number of hydrogen-bond acceptors (Lipinski definition) is 5. The number of aromatic nitrogens is 3. The average molecular weight is 237 g/mol. The molecule has 3 heterocycles. The minimum absolute atomic E-state index is 0.0716. The second-order valence-corrected chi connectivity index (χ2v) is 5.43. The molecule has 0 saturated carbocycles. The Bertz CT molecular complexity index is 406. The van der Waals surface area contributed by atoms with Gasteiger partial charge in [-0.1, -0.05) is 6.92 Å². The van der Waals surface area contributed by atoms with Crippen molar-refractivity contribution in [2.24, 2.45) is 11.1 Å². The van der Waals surface area contributed by atoms with Crippen LogP contribution in [0.4, 0.5) is 0 Å². The summed E-state index contributed by atoms with van der Waals surface area (Å²) in [6.45, 7) is 7.49. The molecular formula is C11H19N5O. The summed E-state index contributed by atoms with van der Waals surface area (Å²) in [5, 5.41) is 8.07. The molecule has 6 heteroatoms. The van der Waals surface area contributed by atoms with Gasteiger partial charge >= 0.3 is 0 Å². The molecule has 6 nitrogen and oxygen atoms in total. The standard InChI is InChI=1S/C11H19N5O/c1-11(7-17-5-9(11)12)6-15-2-3-16-8-13-14-10(16)4-15/h8-9H,2-7,12H2,1H3. The Kier molecular flexibility index (Phi) is 2.65. The Morgan fingerprint density at radius 3 is 3.24 bits per heavy atom. The van der Waals surface area contributed by atoms with Crippen LogP contribution in [0.5, 0.6) is 0 Å². The molecule has 0 radical (unpaired) electrons. The predicted octanol–water partition coefficient (Wildman–Crippen LogP) is -0.542. The average Bonchev–Trinajstić information content (AvgIpc) is 2.87. The smallest absolute Gasteiger partial charge is 0.147 e. The molecule has 2 unspecified atom stereocenters. The quantitative estimate of drug-likeness (QED) is 0.748. The van der Waals surface area contributed by atoms with Gasteiger partial charge in [0.15, 0.2) is 0 Å². The summed E-state index contributed by atoms with van der Waals surface area (Å²) >= 11 is 0. The van der Waals surface area contributed by atoms with Crippen LogP contribution < -0.4 is 5.73 Å². The highest BCUT2D eigenvalue weighted by Crippen LogP contribution is 2.29. The van der Waals surface area contributed by atoms with E-state index in [9.17, 15) is 0 Å². The van der Waals surface area contributed by atoms with Crippen molar-refractivity contribution < 1.29 is 4.74 Å². The zero-order chi connectivity index (χ0) is 11.9. The van der Waals surface area contributed by atoms with Crippen molar-refractivity contribution >= 4 is 0 Å². The molecule has 1 aromatic rings. The second-order valence-electron chi connectivity index (χ2n) is 5.43. The summed E-state index contributed by atoms with van der Waals surface area (Å²) in [4.78, 5) is 2.40. The Morgan fingerprint density at radius 1 is 1.59 bits per heavy atom. The van der Waals surface area contributed by atoms with Crippen LogP contribution in [-0.2, 0) is 17.8 Å². The van der Waals surface area contributed by atoms with Gasteiger partial charge < -0.3 is 15.0 Å². The van der Waals surface area contributed by atoms with Gasteiger partial charge in [0, 0.05) is 31.1 Å². The van der Waals surface area contributed by atoms with Gasteiger partial charge in [0.25, 0.3) is 0 Å². The van der Waals surface area contributed by atoms with Crippen molar-refractivity contribution in [1.29, 1.82) is 0 Å². The molecule has 0 aromatic carbocycles. The molecule has 17 heavy (non-hydrogen) atoms. The lowest BCUT2D eigenvalue weighted by Gasteiger charge is -2.35. The minimum Gasteiger partial charge on any atom is -0.379 e. The molecule has 0 aliphatic carbocycles. The number of ether oxygens (including phenoxy) is 1. The Balaban J connectivity index is 1.68. The van der Waals surface area contributed by atoms with Crippen molar-refractivity contribution in [1.82, 2.24) is 19.7 Å². The lowest BCUT2D eigenvalue weighted by Crippen LogP contribution is -2.48. The van der Waals surface area contributed by atoms with Gasteiger partial charge in [0.05, 0.1) is 19.8 Å². The van der Waals surface area contributed by atoms with Gasteiger partial charge in [0.2, 0.25) is 0 Å². The topological polar surface area (TPSA) is 69.2 Å². The van der Waals surface area contributed by atoms with E-state index in [-0.39, 0.29) is 11.5 Å². The number of hydrogen-bond donors (Lipinski definition) is 1. The lowest BCUT2D eigenvalue weighted by molar-refractivity contribution is 0.102. The van der Waals surface area contributed by atoms with Crippen LogP contribution in [0.1, 0.15) is 12.7 Å². The molecule has 0 amide bonds. The summed E-state index contributed by atoms with van der Waals surface area (Å²) < 4.78 is 7.60. The molecule has 1 aromatic heterocycles. The van der Waals surface area contributed by atoms with Gasteiger partial charge in [-0.05, 0) is 0 Å². The highest BCUT2D eigenvalue weighted by atomic mass is 16.5. The maximum atomic E-state index is 6.12. The van der Waals surface area contributed by atoms with Crippen LogP contribution in [-0.4, -0.2) is 52.0 Å². The molecule has 2 aliphatic heterocycles. The zero-order valence-corrected chi connectivity index (χ0v) is 10.2. The first-order chi connectivity index (χ1) is 8.17. The first kappa shape index (κ1) is 11.1. The van der Waals surface area contributed by atoms with Crippen LogP contribution in [0.3, 0.4) is 0 Å². The molecule has 0 bridgehead atoms. The molecule has 94 valence electrons. The fraction of sp³-hybridized carbons (Fsp3) is 0.818. The van der Waals surface area contributed by atoms with Crippen molar-refractivity contribution in [3.05, 3.63) is 12.2 Å². The van der Waals surface area contributed by atoms with E-state index in [1.807, 2.05) is 0 Å². The molecular weight excluding hydrogens is 218 g/mol. The Morgan fingerprint density at radius 2 is 2.47 bits per heavy atom. The van der Waals surface area contributed by atoms with E-state index in [0.717, 1.165) is 38.6 Å². The fourth-order valence-corrected chi connectivity index (χ4v) is 2.65. The molecule has 1 fully saturated rings. The predicted molar refractivity (Wildman–Crippen MR) is 62.2 cm³/mol. The first-order valence-electron chi connectivity index (χ1n) is 6.10. The Hall–Kier alpha value is -0.980. The van der Waals surface area contributed by atoms with Crippen molar-refractivity contribution in [2.75, 3.05) is 26.3 Å². The van der Waals surface area contributed by atoms with E-state index in [2.05, 4.69) is 26.6 Å². The van der Waals surface area contributed by atoms with Crippen LogP contribution in [0.2, 0.25) is 0 Å². The highest BCUT2D eigenvalue weighted by molar-refractivity contribution is 4.96. The number of rotatable bonds is 2. The van der Waals surface area contributed by atoms with Crippen LogP contribution in [0.25, 0.3) is 0 Å².